The van der Waals surface area contributed by atoms with E-state index in [2.05, 4.69) is 10.3 Å². The van der Waals surface area contributed by atoms with Crippen molar-refractivity contribution in [3.05, 3.63) is 58.2 Å². The number of nitrogens with one attached hydrogen (secondary N) is 1. The van der Waals surface area contributed by atoms with Crippen molar-refractivity contribution in [3.8, 4) is 0 Å². The molecule has 0 aliphatic rings. The molecule has 6 nitrogen and oxygen atoms in total. The average molecular weight is 311 g/mol. The summed E-state index contributed by atoms with van der Waals surface area (Å²) in [4.78, 5) is 28.7. The smallest absolute Gasteiger partial charge is 0.406 e. The number of pyridine rings is 1. The lowest BCUT2D eigenvalue weighted by Gasteiger charge is -2.14. The first-order valence-electron chi connectivity index (χ1n) is 7.31. The molecule has 1 aromatic carbocycles. The number of carbonyl (C=O) groups excluding carboxylic acids is 1. The van der Waals surface area contributed by atoms with Gasteiger partial charge in [0.2, 0.25) is 5.91 Å². The van der Waals surface area contributed by atoms with E-state index in [0.29, 0.717) is 11.2 Å². The Morgan fingerprint density at radius 3 is 2.87 bits per heavy atom. The van der Waals surface area contributed by atoms with Crippen LogP contribution in [0.1, 0.15) is 24.1 Å². The molecule has 6 heteroatoms. The number of aromatic nitrogens is 2. The zero-order chi connectivity index (χ0) is 16.6. The Balaban J connectivity index is 1.94. The van der Waals surface area contributed by atoms with Gasteiger partial charge in [0, 0.05) is 11.9 Å². The van der Waals surface area contributed by atoms with Crippen LogP contribution in [0.3, 0.4) is 0 Å². The minimum absolute atomic E-state index is 0.297. The predicted molar refractivity (Wildman–Crippen MR) is 87.5 cm³/mol. The second kappa shape index (κ2) is 5.72. The quantitative estimate of drug-likeness (QED) is 0.807. The third-order valence-electron chi connectivity index (χ3n) is 3.79. The van der Waals surface area contributed by atoms with Crippen LogP contribution < -0.4 is 11.1 Å². The Kier molecular flexibility index (Phi) is 3.73. The van der Waals surface area contributed by atoms with E-state index in [-0.39, 0.29) is 5.91 Å². The maximum absolute atomic E-state index is 12.5. The second-order valence-electron chi connectivity index (χ2n) is 5.55. The maximum Gasteiger partial charge on any atom is 0.421 e. The van der Waals surface area contributed by atoms with Crippen LogP contribution >= 0.6 is 0 Å². The summed E-state index contributed by atoms with van der Waals surface area (Å²) < 4.78 is 6.39. The molecule has 0 saturated carbocycles. The molecule has 3 rings (SSSR count). The minimum Gasteiger partial charge on any atom is -0.406 e. The molecule has 1 N–H and O–H groups in total. The van der Waals surface area contributed by atoms with E-state index < -0.39 is 11.8 Å². The van der Waals surface area contributed by atoms with Crippen molar-refractivity contribution < 1.29 is 9.21 Å². The van der Waals surface area contributed by atoms with E-state index in [9.17, 15) is 9.59 Å². The lowest BCUT2D eigenvalue weighted by Crippen LogP contribution is -2.29. The predicted octanol–water partition coefficient (Wildman–Crippen LogP) is 2.81. The van der Waals surface area contributed by atoms with Crippen LogP contribution in [-0.2, 0) is 4.79 Å². The van der Waals surface area contributed by atoms with Crippen molar-refractivity contribution in [2.24, 2.45) is 0 Å². The van der Waals surface area contributed by atoms with Gasteiger partial charge in [-0.1, -0.05) is 12.1 Å². The summed E-state index contributed by atoms with van der Waals surface area (Å²) in [6.45, 7) is 5.52. The molecule has 2 aromatic heterocycles. The van der Waals surface area contributed by atoms with Gasteiger partial charge in [-0.25, -0.2) is 14.3 Å². The van der Waals surface area contributed by atoms with E-state index in [1.54, 1.807) is 25.3 Å². The normalized spacial score (nSPS) is 12.3. The van der Waals surface area contributed by atoms with Gasteiger partial charge < -0.3 is 9.73 Å². The largest absolute Gasteiger partial charge is 0.421 e. The van der Waals surface area contributed by atoms with Gasteiger partial charge in [-0.05, 0) is 50.1 Å². The lowest BCUT2D eigenvalue weighted by molar-refractivity contribution is -0.118. The highest BCUT2D eigenvalue weighted by atomic mass is 16.4. The summed E-state index contributed by atoms with van der Waals surface area (Å²) >= 11 is 0. The molecule has 0 aliphatic heterocycles. The van der Waals surface area contributed by atoms with Crippen molar-refractivity contribution in [1.29, 1.82) is 0 Å². The first-order chi connectivity index (χ1) is 11.0. The van der Waals surface area contributed by atoms with Gasteiger partial charge in [-0.2, -0.15) is 0 Å². The van der Waals surface area contributed by atoms with Gasteiger partial charge in [0.25, 0.3) is 0 Å². The first kappa shape index (κ1) is 15.0. The molecule has 23 heavy (non-hydrogen) atoms. The number of hydrogen-bond donors (Lipinski definition) is 1. The number of fused-ring (bicyclic) bond motifs is 1. The highest BCUT2D eigenvalue weighted by molar-refractivity contribution is 5.94. The molecule has 3 aromatic rings. The average Bonchev–Trinajstić information content (AvgIpc) is 2.86. The fourth-order valence-electron chi connectivity index (χ4n) is 2.44. The SMILES string of the molecule is Cc1ccc(C)c(NC(=O)C(C)n2c(=O)oc3cccnc32)c1. The molecule has 0 fully saturated rings. The zero-order valence-electron chi connectivity index (χ0n) is 13.2. The molecule has 0 saturated heterocycles. The summed E-state index contributed by atoms with van der Waals surface area (Å²) in [5.41, 5.74) is 3.46. The minimum atomic E-state index is -0.737. The standard InChI is InChI=1S/C17H17N3O3/c1-10-6-7-11(2)13(9-10)19-16(21)12(3)20-15-14(23-17(20)22)5-4-8-18-15/h4-9,12H,1-3H3,(H,19,21). The van der Waals surface area contributed by atoms with E-state index >= 15 is 0 Å². The first-order valence-corrected chi connectivity index (χ1v) is 7.31. The van der Waals surface area contributed by atoms with Crippen molar-refractivity contribution in [1.82, 2.24) is 9.55 Å². The van der Waals surface area contributed by atoms with Crippen LogP contribution in [0.15, 0.2) is 45.7 Å². The van der Waals surface area contributed by atoms with Gasteiger partial charge in [0.05, 0.1) is 0 Å². The number of rotatable bonds is 3. The van der Waals surface area contributed by atoms with Crippen molar-refractivity contribution in [3.63, 3.8) is 0 Å². The van der Waals surface area contributed by atoms with Crippen LogP contribution in [0.4, 0.5) is 5.69 Å². The number of hydrogen-bond acceptors (Lipinski definition) is 4. The maximum atomic E-state index is 12.5. The fraction of sp³-hybridized carbons (Fsp3) is 0.235. The van der Waals surface area contributed by atoms with Gasteiger partial charge in [-0.15, -0.1) is 0 Å². The molecule has 0 radical (unpaired) electrons. The Bertz CT molecular complexity index is 940. The number of amides is 1. The summed E-state index contributed by atoms with van der Waals surface area (Å²) in [6.07, 6.45) is 1.56. The summed E-state index contributed by atoms with van der Waals surface area (Å²) in [7, 11) is 0. The Labute approximate surface area is 132 Å². The Morgan fingerprint density at radius 1 is 1.30 bits per heavy atom. The molecule has 118 valence electrons. The number of oxazole rings is 1. The van der Waals surface area contributed by atoms with Crippen LogP contribution in [0.5, 0.6) is 0 Å². The topological polar surface area (TPSA) is 77.1 Å². The number of benzene rings is 1. The number of anilines is 1. The van der Waals surface area contributed by atoms with Crippen LogP contribution in [0, 0.1) is 13.8 Å². The van der Waals surface area contributed by atoms with Crippen LogP contribution in [-0.4, -0.2) is 15.5 Å². The van der Waals surface area contributed by atoms with Gasteiger partial charge >= 0.3 is 5.76 Å². The van der Waals surface area contributed by atoms with E-state index in [1.807, 2.05) is 32.0 Å². The number of nitrogens with zero attached hydrogens (tertiary/aromatic N) is 2. The second-order valence-corrected chi connectivity index (χ2v) is 5.55. The molecule has 0 bridgehead atoms. The van der Waals surface area contributed by atoms with E-state index in [0.717, 1.165) is 16.8 Å². The summed E-state index contributed by atoms with van der Waals surface area (Å²) in [5, 5.41) is 2.86. The highest BCUT2D eigenvalue weighted by Gasteiger charge is 2.22. The highest BCUT2D eigenvalue weighted by Crippen LogP contribution is 2.19. The Morgan fingerprint density at radius 2 is 2.09 bits per heavy atom. The molecule has 2 heterocycles. The third kappa shape index (κ3) is 2.75. The molecular weight excluding hydrogens is 294 g/mol. The van der Waals surface area contributed by atoms with Crippen molar-refractivity contribution in [2.75, 3.05) is 5.32 Å². The van der Waals surface area contributed by atoms with Gasteiger partial charge in [-0.3, -0.25) is 4.79 Å². The zero-order valence-corrected chi connectivity index (χ0v) is 13.2. The fourth-order valence-corrected chi connectivity index (χ4v) is 2.44. The van der Waals surface area contributed by atoms with Crippen LogP contribution in [0.25, 0.3) is 11.2 Å². The Hall–Kier alpha value is -2.89. The van der Waals surface area contributed by atoms with Crippen molar-refractivity contribution in [2.45, 2.75) is 26.8 Å². The van der Waals surface area contributed by atoms with Crippen molar-refractivity contribution >= 4 is 22.8 Å². The lowest BCUT2D eigenvalue weighted by atomic mass is 10.1. The summed E-state index contributed by atoms with van der Waals surface area (Å²) in [6, 6.07) is 8.40. The molecule has 0 aliphatic carbocycles. The monoisotopic (exact) mass is 311 g/mol. The van der Waals surface area contributed by atoms with Gasteiger partial charge in [0.15, 0.2) is 11.2 Å². The summed E-state index contributed by atoms with van der Waals surface area (Å²) in [5.74, 6) is -0.892. The molecule has 0 spiro atoms. The molecule has 1 amide bonds. The molecule has 1 unspecified atom stereocenters. The van der Waals surface area contributed by atoms with E-state index in [4.69, 9.17) is 4.42 Å². The van der Waals surface area contributed by atoms with Crippen LogP contribution in [0.2, 0.25) is 0 Å². The third-order valence-corrected chi connectivity index (χ3v) is 3.79. The number of aryl methyl sites for hydroxylation is 2. The van der Waals surface area contributed by atoms with Gasteiger partial charge in [0.1, 0.15) is 6.04 Å². The molecule has 1 atom stereocenters. The molecular formula is C17H17N3O3. The van der Waals surface area contributed by atoms with E-state index in [1.165, 1.54) is 4.57 Å². The number of carbonyl (C=O) groups is 1.